The summed E-state index contributed by atoms with van der Waals surface area (Å²) in [7, 11) is 0. The second-order valence-corrected chi connectivity index (χ2v) is 7.30. The Bertz CT molecular complexity index is 811. The summed E-state index contributed by atoms with van der Waals surface area (Å²) in [5.41, 5.74) is 4.41. The first-order valence-electron chi connectivity index (χ1n) is 8.68. The van der Waals surface area contributed by atoms with E-state index in [0.29, 0.717) is 18.7 Å². The number of benzene rings is 2. The maximum Gasteiger partial charge on any atom is 0.251 e. The third-order valence-electron chi connectivity index (χ3n) is 4.04. The zero-order chi connectivity index (χ0) is 18.2. The van der Waals surface area contributed by atoms with E-state index in [2.05, 4.69) is 41.6 Å². The number of thioether (sulfide) groups is 1. The van der Waals surface area contributed by atoms with Gasteiger partial charge in [0.05, 0.1) is 6.54 Å². The molecule has 0 aliphatic rings. The highest BCUT2D eigenvalue weighted by atomic mass is 32.2. The predicted molar refractivity (Wildman–Crippen MR) is 107 cm³/mol. The number of hydrogen-bond acceptors (Lipinski definition) is 3. The van der Waals surface area contributed by atoms with Gasteiger partial charge in [-0.05, 0) is 36.2 Å². The molecule has 0 radical (unpaired) electrons. The van der Waals surface area contributed by atoms with Crippen LogP contribution in [0.5, 0.6) is 0 Å². The summed E-state index contributed by atoms with van der Waals surface area (Å²) >= 11 is 1.83. The van der Waals surface area contributed by atoms with Gasteiger partial charge in [-0.3, -0.25) is 9.48 Å². The molecule has 26 heavy (non-hydrogen) atoms. The molecule has 0 saturated heterocycles. The van der Waals surface area contributed by atoms with Gasteiger partial charge in [0.15, 0.2) is 0 Å². The predicted octanol–water partition coefficient (Wildman–Crippen LogP) is 3.90. The molecule has 3 rings (SSSR count). The lowest BCUT2D eigenvalue weighted by atomic mass is 10.1. The number of rotatable bonds is 8. The highest BCUT2D eigenvalue weighted by Gasteiger charge is 2.05. The number of carbonyl (C=O) groups is 1. The molecule has 2 aromatic carbocycles. The maximum atomic E-state index is 12.2. The highest BCUT2D eigenvalue weighted by Crippen LogP contribution is 2.12. The molecule has 0 aliphatic carbocycles. The fourth-order valence-electron chi connectivity index (χ4n) is 2.56. The minimum atomic E-state index is -0.0217. The Morgan fingerprint density at radius 1 is 1.08 bits per heavy atom. The number of aryl methyl sites for hydroxylation is 1. The Morgan fingerprint density at radius 3 is 2.50 bits per heavy atom. The second kappa shape index (κ2) is 9.25. The first-order chi connectivity index (χ1) is 12.7. The summed E-state index contributed by atoms with van der Waals surface area (Å²) in [4.78, 5) is 12.2. The molecule has 0 saturated carbocycles. The van der Waals surface area contributed by atoms with Crippen LogP contribution < -0.4 is 5.32 Å². The van der Waals surface area contributed by atoms with Gasteiger partial charge >= 0.3 is 0 Å². The van der Waals surface area contributed by atoms with Crippen molar-refractivity contribution in [2.75, 3.05) is 12.3 Å². The smallest absolute Gasteiger partial charge is 0.251 e. The third kappa shape index (κ3) is 5.49. The van der Waals surface area contributed by atoms with E-state index in [1.165, 1.54) is 11.1 Å². The Balaban J connectivity index is 1.38. The van der Waals surface area contributed by atoms with Gasteiger partial charge in [-0.2, -0.15) is 16.9 Å². The average Bonchev–Trinajstić information content (AvgIpc) is 3.16. The van der Waals surface area contributed by atoms with E-state index in [-0.39, 0.29) is 5.91 Å². The van der Waals surface area contributed by atoms with Gasteiger partial charge in [0.2, 0.25) is 0 Å². The first kappa shape index (κ1) is 18.3. The van der Waals surface area contributed by atoms with Gasteiger partial charge in [0.25, 0.3) is 5.91 Å². The van der Waals surface area contributed by atoms with Gasteiger partial charge in [0.1, 0.15) is 0 Å². The summed E-state index contributed by atoms with van der Waals surface area (Å²) in [5, 5.41) is 7.17. The van der Waals surface area contributed by atoms with Crippen molar-refractivity contribution in [1.29, 1.82) is 0 Å². The molecule has 134 valence electrons. The van der Waals surface area contributed by atoms with Crippen molar-refractivity contribution in [3.8, 4) is 0 Å². The van der Waals surface area contributed by atoms with Crippen LogP contribution in [0, 0.1) is 6.92 Å². The molecule has 0 bridgehead atoms. The Hall–Kier alpha value is -2.53. The fraction of sp³-hybridized carbons (Fsp3) is 0.238. The molecule has 0 spiro atoms. The number of amides is 1. The van der Waals surface area contributed by atoms with Gasteiger partial charge in [-0.25, -0.2) is 0 Å². The lowest BCUT2D eigenvalue weighted by molar-refractivity contribution is 0.0956. The molecule has 0 aliphatic heterocycles. The number of nitrogens with one attached hydrogen (secondary N) is 1. The SMILES string of the molecule is Cc1ccc(CSCCNC(=O)c2ccc(Cn3cccn3)cc2)cc1. The van der Waals surface area contributed by atoms with Gasteiger partial charge in [0, 0.05) is 36.0 Å². The molecule has 3 aromatic rings. The van der Waals surface area contributed by atoms with Crippen molar-refractivity contribution in [1.82, 2.24) is 15.1 Å². The van der Waals surface area contributed by atoms with Crippen molar-refractivity contribution < 1.29 is 4.79 Å². The molecule has 1 aromatic heterocycles. The minimum absolute atomic E-state index is 0.0217. The van der Waals surface area contributed by atoms with Crippen molar-refractivity contribution in [2.24, 2.45) is 0 Å². The minimum Gasteiger partial charge on any atom is -0.351 e. The summed E-state index contributed by atoms with van der Waals surface area (Å²) in [6.45, 7) is 3.48. The maximum absolute atomic E-state index is 12.2. The Labute approximate surface area is 158 Å². The van der Waals surface area contributed by atoms with E-state index >= 15 is 0 Å². The van der Waals surface area contributed by atoms with Crippen LogP contribution in [-0.4, -0.2) is 28.0 Å². The Morgan fingerprint density at radius 2 is 1.81 bits per heavy atom. The van der Waals surface area contributed by atoms with Crippen molar-refractivity contribution in [3.63, 3.8) is 0 Å². The van der Waals surface area contributed by atoms with Crippen LogP contribution in [-0.2, 0) is 12.3 Å². The second-order valence-electron chi connectivity index (χ2n) is 6.19. The number of hydrogen-bond donors (Lipinski definition) is 1. The number of carbonyl (C=O) groups excluding carboxylic acids is 1. The van der Waals surface area contributed by atoms with Gasteiger partial charge in [-0.1, -0.05) is 42.0 Å². The zero-order valence-electron chi connectivity index (χ0n) is 14.9. The normalized spacial score (nSPS) is 10.7. The summed E-state index contributed by atoms with van der Waals surface area (Å²) in [5.74, 6) is 1.85. The molecular formula is C21H23N3OS. The lowest BCUT2D eigenvalue weighted by Crippen LogP contribution is -2.25. The van der Waals surface area contributed by atoms with E-state index in [0.717, 1.165) is 17.1 Å². The highest BCUT2D eigenvalue weighted by molar-refractivity contribution is 7.98. The topological polar surface area (TPSA) is 46.9 Å². The lowest BCUT2D eigenvalue weighted by Gasteiger charge is -2.07. The largest absolute Gasteiger partial charge is 0.351 e. The molecule has 0 unspecified atom stereocenters. The van der Waals surface area contributed by atoms with Crippen molar-refractivity contribution in [3.05, 3.63) is 89.2 Å². The van der Waals surface area contributed by atoms with E-state index in [1.807, 2.05) is 53.0 Å². The van der Waals surface area contributed by atoms with E-state index in [4.69, 9.17) is 0 Å². The van der Waals surface area contributed by atoms with Crippen LogP contribution >= 0.6 is 11.8 Å². The third-order valence-corrected chi connectivity index (χ3v) is 5.07. The number of aromatic nitrogens is 2. The summed E-state index contributed by atoms with van der Waals surface area (Å²) < 4.78 is 1.86. The van der Waals surface area contributed by atoms with Crippen LogP contribution in [0.3, 0.4) is 0 Å². The quantitative estimate of drug-likeness (QED) is 0.616. The van der Waals surface area contributed by atoms with Crippen LogP contribution in [0.1, 0.15) is 27.0 Å². The zero-order valence-corrected chi connectivity index (χ0v) is 15.7. The molecule has 4 nitrogen and oxygen atoms in total. The number of nitrogens with zero attached hydrogens (tertiary/aromatic N) is 2. The molecule has 1 heterocycles. The van der Waals surface area contributed by atoms with Crippen LogP contribution in [0.15, 0.2) is 67.0 Å². The first-order valence-corrected chi connectivity index (χ1v) is 9.84. The van der Waals surface area contributed by atoms with Crippen molar-refractivity contribution >= 4 is 17.7 Å². The molecular weight excluding hydrogens is 342 g/mol. The molecule has 5 heteroatoms. The monoisotopic (exact) mass is 365 g/mol. The van der Waals surface area contributed by atoms with Crippen molar-refractivity contribution in [2.45, 2.75) is 19.2 Å². The molecule has 1 amide bonds. The molecule has 0 fully saturated rings. The summed E-state index contributed by atoms with van der Waals surface area (Å²) in [6.07, 6.45) is 3.69. The fourth-order valence-corrected chi connectivity index (χ4v) is 3.37. The Kier molecular flexibility index (Phi) is 6.50. The summed E-state index contributed by atoms with van der Waals surface area (Å²) in [6, 6.07) is 18.2. The van der Waals surface area contributed by atoms with Gasteiger partial charge < -0.3 is 5.32 Å². The van der Waals surface area contributed by atoms with Crippen LogP contribution in [0.2, 0.25) is 0 Å². The van der Waals surface area contributed by atoms with Crippen LogP contribution in [0.25, 0.3) is 0 Å². The average molecular weight is 366 g/mol. The molecule has 1 N–H and O–H groups in total. The van der Waals surface area contributed by atoms with Crippen LogP contribution in [0.4, 0.5) is 0 Å². The van der Waals surface area contributed by atoms with E-state index in [9.17, 15) is 4.79 Å². The van der Waals surface area contributed by atoms with E-state index < -0.39 is 0 Å². The standard InChI is InChI=1S/C21H23N3OS/c1-17-3-5-19(6-4-17)16-26-14-12-22-21(25)20-9-7-18(8-10-20)15-24-13-2-11-23-24/h2-11,13H,12,14-16H2,1H3,(H,22,25). The van der Waals surface area contributed by atoms with Gasteiger partial charge in [-0.15, -0.1) is 0 Å². The van der Waals surface area contributed by atoms with E-state index in [1.54, 1.807) is 6.20 Å². The molecule has 0 atom stereocenters.